The summed E-state index contributed by atoms with van der Waals surface area (Å²) in [5, 5.41) is 11.6. The fraction of sp³-hybridized carbons (Fsp3) is 0.857. The summed E-state index contributed by atoms with van der Waals surface area (Å²) >= 11 is 0. The van der Waals surface area contributed by atoms with Crippen LogP contribution >= 0.6 is 0 Å². The number of carboxylic acids is 1. The molecule has 0 radical (unpaired) electrons. The number of hydrogen-bond donors (Lipinski definition) is 2. The van der Waals surface area contributed by atoms with Gasteiger partial charge in [0.25, 0.3) is 0 Å². The van der Waals surface area contributed by atoms with E-state index >= 15 is 0 Å². The molecule has 1 unspecified atom stereocenters. The van der Waals surface area contributed by atoms with Crippen molar-refractivity contribution < 1.29 is 14.7 Å². The number of carbonyl (C=O) groups is 2. The number of carbonyl (C=O) groups excluding carboxylic acids is 1. The van der Waals surface area contributed by atoms with Gasteiger partial charge in [-0.2, -0.15) is 0 Å². The van der Waals surface area contributed by atoms with E-state index in [-0.39, 0.29) is 11.8 Å². The molecule has 0 spiro atoms. The number of nitrogens with one attached hydrogen (secondary N) is 1. The van der Waals surface area contributed by atoms with E-state index in [0.29, 0.717) is 6.42 Å². The quantitative estimate of drug-likeness (QED) is 0.734. The second kappa shape index (κ2) is 7.39. The number of rotatable bonds is 7. The summed E-state index contributed by atoms with van der Waals surface area (Å²) in [5.74, 6) is -0.373. The predicted molar refractivity (Wildman–Crippen MR) is 70.2 cm³/mol. The second-order valence-electron chi connectivity index (χ2n) is 5.67. The zero-order valence-electron chi connectivity index (χ0n) is 11.4. The van der Waals surface area contributed by atoms with Gasteiger partial charge in [-0.1, -0.05) is 39.5 Å². The van der Waals surface area contributed by atoms with Gasteiger partial charge in [0.15, 0.2) is 0 Å². The van der Waals surface area contributed by atoms with Gasteiger partial charge < -0.3 is 10.4 Å². The zero-order chi connectivity index (χ0) is 13.5. The Labute approximate surface area is 109 Å². The first-order chi connectivity index (χ1) is 8.50. The van der Waals surface area contributed by atoms with E-state index in [0.717, 1.165) is 18.8 Å². The van der Waals surface area contributed by atoms with Gasteiger partial charge in [-0.25, -0.2) is 4.79 Å². The zero-order valence-corrected chi connectivity index (χ0v) is 11.4. The van der Waals surface area contributed by atoms with Crippen LogP contribution in [0, 0.1) is 11.8 Å². The second-order valence-corrected chi connectivity index (χ2v) is 5.67. The van der Waals surface area contributed by atoms with Gasteiger partial charge >= 0.3 is 5.97 Å². The molecule has 1 aliphatic rings. The third kappa shape index (κ3) is 5.07. The van der Waals surface area contributed by atoms with Gasteiger partial charge in [-0.05, 0) is 24.7 Å². The van der Waals surface area contributed by atoms with E-state index in [1.165, 1.54) is 25.7 Å². The maximum atomic E-state index is 11.7. The molecule has 104 valence electrons. The number of carboxylic acid groups (broad SMARTS) is 1. The topological polar surface area (TPSA) is 66.4 Å². The Morgan fingerprint density at radius 2 is 1.89 bits per heavy atom. The lowest BCUT2D eigenvalue weighted by Gasteiger charge is -2.18. The lowest BCUT2D eigenvalue weighted by atomic mass is 10.00. The van der Waals surface area contributed by atoms with E-state index in [1.807, 2.05) is 0 Å². The fourth-order valence-electron chi connectivity index (χ4n) is 2.61. The Balaban J connectivity index is 2.21. The molecule has 1 amide bonds. The van der Waals surface area contributed by atoms with Gasteiger partial charge in [0, 0.05) is 6.42 Å². The average molecular weight is 255 g/mol. The lowest BCUT2D eigenvalue weighted by molar-refractivity contribution is -0.143. The first-order valence-electron chi connectivity index (χ1n) is 7.03. The van der Waals surface area contributed by atoms with Crippen molar-refractivity contribution in [1.29, 1.82) is 0 Å². The molecule has 0 aromatic carbocycles. The molecular weight excluding hydrogens is 230 g/mol. The molecule has 0 saturated heterocycles. The van der Waals surface area contributed by atoms with Crippen LogP contribution in [0.15, 0.2) is 0 Å². The largest absolute Gasteiger partial charge is 0.480 e. The predicted octanol–water partition coefficient (Wildman–Crippen LogP) is 2.57. The van der Waals surface area contributed by atoms with Crippen molar-refractivity contribution in [2.75, 3.05) is 0 Å². The van der Waals surface area contributed by atoms with Gasteiger partial charge in [0.05, 0.1) is 0 Å². The van der Waals surface area contributed by atoms with Crippen molar-refractivity contribution >= 4 is 11.9 Å². The minimum atomic E-state index is -0.950. The van der Waals surface area contributed by atoms with Gasteiger partial charge in [-0.15, -0.1) is 0 Å². The van der Waals surface area contributed by atoms with Crippen LogP contribution in [0.5, 0.6) is 0 Å². The summed E-state index contributed by atoms with van der Waals surface area (Å²) < 4.78 is 0. The van der Waals surface area contributed by atoms with Crippen molar-refractivity contribution in [3.05, 3.63) is 0 Å². The number of amides is 1. The first kappa shape index (κ1) is 15.0. The van der Waals surface area contributed by atoms with Crippen LogP contribution in [-0.2, 0) is 9.59 Å². The molecule has 0 aliphatic heterocycles. The van der Waals surface area contributed by atoms with E-state index in [2.05, 4.69) is 5.32 Å². The van der Waals surface area contributed by atoms with Gasteiger partial charge in [0.2, 0.25) is 5.91 Å². The summed E-state index contributed by atoms with van der Waals surface area (Å²) in [5.41, 5.74) is 0. The maximum absolute atomic E-state index is 11.7. The van der Waals surface area contributed by atoms with Gasteiger partial charge in [-0.3, -0.25) is 4.79 Å². The Morgan fingerprint density at radius 1 is 1.28 bits per heavy atom. The lowest BCUT2D eigenvalue weighted by Crippen LogP contribution is -2.44. The average Bonchev–Trinajstić information content (AvgIpc) is 2.78. The van der Waals surface area contributed by atoms with E-state index in [4.69, 9.17) is 5.11 Å². The fourth-order valence-corrected chi connectivity index (χ4v) is 2.61. The van der Waals surface area contributed by atoms with Crippen LogP contribution in [0.4, 0.5) is 0 Å². The van der Waals surface area contributed by atoms with Crippen LogP contribution in [0.3, 0.4) is 0 Å². The molecule has 0 aromatic heterocycles. The van der Waals surface area contributed by atoms with Crippen molar-refractivity contribution in [2.24, 2.45) is 11.8 Å². The molecule has 1 atom stereocenters. The first-order valence-corrected chi connectivity index (χ1v) is 7.03. The summed E-state index contributed by atoms with van der Waals surface area (Å²) in [7, 11) is 0. The van der Waals surface area contributed by atoms with Crippen LogP contribution in [0.1, 0.15) is 58.8 Å². The molecule has 1 fully saturated rings. The standard InChI is InChI=1S/C14H25NO3/c1-10(2)13(14(17)18)15-12(16)9-5-8-11-6-3-4-7-11/h10-11,13H,3-9H2,1-2H3,(H,15,16)(H,17,18). The van der Waals surface area contributed by atoms with Crippen molar-refractivity contribution in [1.82, 2.24) is 5.32 Å². The Kier molecular flexibility index (Phi) is 6.16. The molecule has 0 bridgehead atoms. The Bertz CT molecular complexity index is 283. The normalized spacial score (nSPS) is 17.9. The van der Waals surface area contributed by atoms with Crippen molar-refractivity contribution in [3.63, 3.8) is 0 Å². The van der Waals surface area contributed by atoms with Crippen molar-refractivity contribution in [2.45, 2.75) is 64.8 Å². The monoisotopic (exact) mass is 255 g/mol. The third-order valence-corrected chi connectivity index (χ3v) is 3.74. The highest BCUT2D eigenvalue weighted by Crippen LogP contribution is 2.28. The van der Waals surface area contributed by atoms with Crippen LogP contribution in [-0.4, -0.2) is 23.0 Å². The SMILES string of the molecule is CC(C)C(NC(=O)CCCC1CCCC1)C(=O)O. The maximum Gasteiger partial charge on any atom is 0.326 e. The van der Waals surface area contributed by atoms with Crippen LogP contribution in [0.2, 0.25) is 0 Å². The molecule has 4 nitrogen and oxygen atoms in total. The Morgan fingerprint density at radius 3 is 2.39 bits per heavy atom. The summed E-state index contributed by atoms with van der Waals surface area (Å²) in [6.45, 7) is 3.61. The van der Waals surface area contributed by atoms with Crippen molar-refractivity contribution in [3.8, 4) is 0 Å². The minimum Gasteiger partial charge on any atom is -0.480 e. The van der Waals surface area contributed by atoms with Crippen LogP contribution < -0.4 is 5.32 Å². The highest BCUT2D eigenvalue weighted by molar-refractivity contribution is 5.83. The smallest absolute Gasteiger partial charge is 0.326 e. The summed E-state index contributed by atoms with van der Waals surface area (Å²) in [4.78, 5) is 22.6. The van der Waals surface area contributed by atoms with Gasteiger partial charge in [0.1, 0.15) is 6.04 Å². The highest BCUT2D eigenvalue weighted by Gasteiger charge is 2.23. The third-order valence-electron chi connectivity index (χ3n) is 3.74. The van der Waals surface area contributed by atoms with E-state index < -0.39 is 12.0 Å². The number of hydrogen-bond acceptors (Lipinski definition) is 2. The molecule has 0 aromatic rings. The molecule has 1 aliphatic carbocycles. The molecule has 1 rings (SSSR count). The molecule has 18 heavy (non-hydrogen) atoms. The molecule has 4 heteroatoms. The summed E-state index contributed by atoms with van der Waals surface area (Å²) in [6.07, 6.45) is 7.67. The van der Waals surface area contributed by atoms with Crippen LogP contribution in [0.25, 0.3) is 0 Å². The minimum absolute atomic E-state index is 0.0821. The highest BCUT2D eigenvalue weighted by atomic mass is 16.4. The summed E-state index contributed by atoms with van der Waals surface area (Å²) in [6, 6.07) is -0.760. The Hall–Kier alpha value is -1.06. The molecular formula is C14H25NO3. The van der Waals surface area contributed by atoms with E-state index in [1.54, 1.807) is 13.8 Å². The van der Waals surface area contributed by atoms with E-state index in [9.17, 15) is 9.59 Å². The molecule has 0 heterocycles. The molecule has 1 saturated carbocycles. The molecule has 2 N–H and O–H groups in total. The number of aliphatic carboxylic acids is 1.